The number of rotatable bonds is 14. The number of esters is 1. The first kappa shape index (κ1) is 22.8. The molecule has 0 aliphatic carbocycles. The predicted molar refractivity (Wildman–Crippen MR) is 113 cm³/mol. The van der Waals surface area contributed by atoms with E-state index in [1.54, 1.807) is 6.07 Å². The van der Waals surface area contributed by atoms with Crippen LogP contribution in [0.1, 0.15) is 69.4 Å². The molecule has 0 saturated carbocycles. The van der Waals surface area contributed by atoms with E-state index in [1.165, 1.54) is 32.6 Å². The topological polar surface area (TPSA) is 46.5 Å². The standard InChI is InChI=1S/C24H34O3/c1-3-4-5-6-7-8-9-10-11-12-13-14-15-17-22-18-16-19-24(26)23(22)20-27-21(2)25/h3,5-6,8-9,16,18-19,26H,1,4,7,10-15,17,20H2,2H3/b6-5-,9-8-. The quantitative estimate of drug-likeness (QED) is 0.233. The molecule has 0 aliphatic rings. The molecule has 0 amide bonds. The molecular weight excluding hydrogens is 336 g/mol. The lowest BCUT2D eigenvalue weighted by molar-refractivity contribution is -0.142. The highest BCUT2D eigenvalue weighted by atomic mass is 16.5. The molecule has 0 aliphatic heterocycles. The number of aromatic hydroxyl groups is 1. The molecular formula is C24H34O3. The number of carbonyl (C=O) groups is 1. The second-order valence-corrected chi connectivity index (χ2v) is 6.70. The molecule has 1 rings (SSSR count). The zero-order chi connectivity index (χ0) is 19.7. The number of phenols is 1. The molecule has 0 aromatic heterocycles. The van der Waals surface area contributed by atoms with E-state index in [-0.39, 0.29) is 18.3 Å². The van der Waals surface area contributed by atoms with Crippen molar-refractivity contribution in [3.63, 3.8) is 0 Å². The monoisotopic (exact) mass is 370 g/mol. The van der Waals surface area contributed by atoms with Gasteiger partial charge >= 0.3 is 5.97 Å². The molecule has 0 radical (unpaired) electrons. The van der Waals surface area contributed by atoms with Crippen LogP contribution < -0.4 is 0 Å². The first-order chi connectivity index (χ1) is 13.1. The molecule has 0 spiro atoms. The zero-order valence-electron chi connectivity index (χ0n) is 16.7. The fraction of sp³-hybridized carbons (Fsp3) is 0.458. The predicted octanol–water partition coefficient (Wildman–Crippen LogP) is 6.42. The van der Waals surface area contributed by atoms with Gasteiger partial charge in [-0.2, -0.15) is 0 Å². The van der Waals surface area contributed by atoms with Crippen molar-refractivity contribution in [2.45, 2.75) is 71.3 Å². The average molecular weight is 371 g/mol. The van der Waals surface area contributed by atoms with Crippen LogP contribution in [-0.2, 0) is 22.6 Å². The summed E-state index contributed by atoms with van der Waals surface area (Å²) in [7, 11) is 0. The van der Waals surface area contributed by atoms with Crippen molar-refractivity contribution in [1.29, 1.82) is 0 Å². The number of ether oxygens (including phenoxy) is 1. The van der Waals surface area contributed by atoms with Crippen LogP contribution in [0.25, 0.3) is 0 Å². The molecule has 27 heavy (non-hydrogen) atoms. The second kappa shape index (κ2) is 14.8. The maximum atomic E-state index is 11.0. The number of benzene rings is 1. The van der Waals surface area contributed by atoms with Gasteiger partial charge in [0, 0.05) is 12.5 Å². The van der Waals surface area contributed by atoms with Crippen molar-refractivity contribution >= 4 is 5.97 Å². The van der Waals surface area contributed by atoms with Gasteiger partial charge in [0.2, 0.25) is 0 Å². The Morgan fingerprint density at radius 1 is 1.04 bits per heavy atom. The summed E-state index contributed by atoms with van der Waals surface area (Å²) in [5.74, 6) is -0.120. The number of allylic oxidation sites excluding steroid dienone is 5. The van der Waals surface area contributed by atoms with Gasteiger partial charge in [-0.15, -0.1) is 6.58 Å². The van der Waals surface area contributed by atoms with Crippen LogP contribution in [0.3, 0.4) is 0 Å². The highest BCUT2D eigenvalue weighted by Crippen LogP contribution is 2.24. The Kier molecular flexibility index (Phi) is 12.5. The van der Waals surface area contributed by atoms with Crippen molar-refractivity contribution in [2.75, 3.05) is 0 Å². The molecule has 0 unspecified atom stereocenters. The minimum Gasteiger partial charge on any atom is -0.508 e. The van der Waals surface area contributed by atoms with Crippen molar-refractivity contribution in [3.8, 4) is 5.75 Å². The zero-order valence-corrected chi connectivity index (χ0v) is 16.7. The van der Waals surface area contributed by atoms with Crippen molar-refractivity contribution in [1.82, 2.24) is 0 Å². The summed E-state index contributed by atoms with van der Waals surface area (Å²) >= 11 is 0. The molecule has 1 aromatic carbocycles. The summed E-state index contributed by atoms with van der Waals surface area (Å²) in [6, 6.07) is 5.50. The first-order valence-corrected chi connectivity index (χ1v) is 9.99. The Morgan fingerprint density at radius 3 is 2.52 bits per heavy atom. The molecule has 3 heteroatoms. The Hall–Kier alpha value is -2.29. The van der Waals surface area contributed by atoms with E-state index < -0.39 is 0 Å². The van der Waals surface area contributed by atoms with Crippen molar-refractivity contribution < 1.29 is 14.6 Å². The van der Waals surface area contributed by atoms with E-state index in [0.717, 1.165) is 43.2 Å². The fourth-order valence-electron chi connectivity index (χ4n) is 2.89. The van der Waals surface area contributed by atoms with E-state index in [9.17, 15) is 9.90 Å². The second-order valence-electron chi connectivity index (χ2n) is 6.70. The van der Waals surface area contributed by atoms with Gasteiger partial charge in [-0.25, -0.2) is 0 Å². The van der Waals surface area contributed by atoms with Crippen molar-refractivity contribution in [3.05, 3.63) is 66.3 Å². The van der Waals surface area contributed by atoms with Crippen molar-refractivity contribution in [2.24, 2.45) is 0 Å². The number of unbranched alkanes of at least 4 members (excludes halogenated alkanes) is 5. The van der Waals surface area contributed by atoms with Gasteiger partial charge in [-0.3, -0.25) is 4.79 Å². The fourth-order valence-corrected chi connectivity index (χ4v) is 2.89. The van der Waals surface area contributed by atoms with E-state index in [1.807, 2.05) is 18.2 Å². The number of hydrogen-bond acceptors (Lipinski definition) is 3. The van der Waals surface area contributed by atoms with E-state index in [2.05, 4.69) is 30.9 Å². The Bertz CT molecular complexity index is 614. The minimum atomic E-state index is -0.328. The molecule has 0 heterocycles. The Labute approximate surface area is 164 Å². The SMILES string of the molecule is C=CC/C=C\C/C=C\CCCCCCCc1cccc(O)c1COC(C)=O. The summed E-state index contributed by atoms with van der Waals surface area (Å²) in [5.41, 5.74) is 1.81. The largest absolute Gasteiger partial charge is 0.508 e. The molecule has 0 bridgehead atoms. The summed E-state index contributed by atoms with van der Waals surface area (Å²) in [6.07, 6.45) is 20.7. The number of phenolic OH excluding ortho intramolecular Hbond substituents is 1. The third kappa shape index (κ3) is 11.1. The van der Waals surface area contributed by atoms with E-state index in [4.69, 9.17) is 4.74 Å². The van der Waals surface area contributed by atoms with Crippen LogP contribution in [-0.4, -0.2) is 11.1 Å². The Morgan fingerprint density at radius 2 is 1.74 bits per heavy atom. The van der Waals surface area contributed by atoms with Crippen LogP contribution in [0.2, 0.25) is 0 Å². The molecule has 0 fully saturated rings. The van der Waals surface area contributed by atoms with Gasteiger partial charge in [0.15, 0.2) is 0 Å². The normalized spacial score (nSPS) is 11.3. The van der Waals surface area contributed by atoms with Crippen LogP contribution in [0.4, 0.5) is 0 Å². The van der Waals surface area contributed by atoms with Gasteiger partial charge in [0.25, 0.3) is 0 Å². The van der Waals surface area contributed by atoms with Gasteiger partial charge in [0.05, 0.1) is 0 Å². The maximum absolute atomic E-state index is 11.0. The molecule has 0 saturated heterocycles. The van der Waals surface area contributed by atoms with Crippen LogP contribution >= 0.6 is 0 Å². The third-order valence-electron chi connectivity index (χ3n) is 4.39. The third-order valence-corrected chi connectivity index (χ3v) is 4.39. The first-order valence-electron chi connectivity index (χ1n) is 9.99. The Balaban J connectivity index is 2.16. The summed E-state index contributed by atoms with van der Waals surface area (Å²) in [6.45, 7) is 5.22. The number of hydrogen-bond donors (Lipinski definition) is 1. The van der Waals surface area contributed by atoms with Crippen LogP contribution in [0.15, 0.2) is 55.2 Å². The minimum absolute atomic E-state index is 0.145. The number of aryl methyl sites for hydroxylation is 1. The van der Waals surface area contributed by atoms with Gasteiger partial charge in [-0.05, 0) is 50.2 Å². The highest BCUT2D eigenvalue weighted by Gasteiger charge is 2.09. The highest BCUT2D eigenvalue weighted by molar-refractivity contribution is 5.66. The summed E-state index contributed by atoms with van der Waals surface area (Å²) in [4.78, 5) is 11.0. The molecule has 1 aromatic rings. The lowest BCUT2D eigenvalue weighted by Crippen LogP contribution is -2.02. The van der Waals surface area contributed by atoms with Crippen LogP contribution in [0, 0.1) is 0 Å². The van der Waals surface area contributed by atoms with E-state index >= 15 is 0 Å². The summed E-state index contributed by atoms with van der Waals surface area (Å²) in [5, 5.41) is 10.0. The lowest BCUT2D eigenvalue weighted by atomic mass is 10.00. The van der Waals surface area contributed by atoms with Gasteiger partial charge < -0.3 is 9.84 Å². The van der Waals surface area contributed by atoms with Gasteiger partial charge in [0.1, 0.15) is 12.4 Å². The lowest BCUT2D eigenvalue weighted by Gasteiger charge is -2.11. The molecule has 1 N–H and O–H groups in total. The average Bonchev–Trinajstić information content (AvgIpc) is 2.64. The molecule has 148 valence electrons. The number of carbonyl (C=O) groups excluding carboxylic acids is 1. The molecule has 3 nitrogen and oxygen atoms in total. The van der Waals surface area contributed by atoms with E-state index in [0.29, 0.717) is 0 Å². The summed E-state index contributed by atoms with van der Waals surface area (Å²) < 4.78 is 5.05. The van der Waals surface area contributed by atoms with Gasteiger partial charge in [-0.1, -0.05) is 61.8 Å². The smallest absolute Gasteiger partial charge is 0.302 e. The molecule has 0 atom stereocenters. The maximum Gasteiger partial charge on any atom is 0.302 e. The van der Waals surface area contributed by atoms with Crippen LogP contribution in [0.5, 0.6) is 5.75 Å².